The van der Waals surface area contributed by atoms with Crippen molar-refractivity contribution in [1.82, 2.24) is 10.2 Å². The largest absolute Gasteiger partial charge is 0.325 e. The number of carbonyl (C=O) groups excluding carboxylic acids is 2. The molecule has 1 N–H and O–H groups in total. The van der Waals surface area contributed by atoms with E-state index >= 15 is 0 Å². The van der Waals surface area contributed by atoms with Gasteiger partial charge in [-0.05, 0) is 30.7 Å². The Morgan fingerprint density at radius 3 is 2.46 bits per heavy atom. The molecular weight excluding hydrogens is 309 g/mol. The average molecular weight is 323 g/mol. The van der Waals surface area contributed by atoms with Crippen molar-refractivity contribution in [1.29, 1.82) is 5.26 Å². The summed E-state index contributed by atoms with van der Waals surface area (Å²) in [6, 6.07) is 13.9. The Morgan fingerprint density at radius 2 is 1.83 bits per heavy atom. The molecule has 1 atom stereocenters. The third-order valence-electron chi connectivity index (χ3n) is 4.15. The van der Waals surface area contributed by atoms with Crippen molar-refractivity contribution in [3.63, 3.8) is 0 Å². The first kappa shape index (κ1) is 15.7. The lowest BCUT2D eigenvalue weighted by atomic mass is 9.91. The SMILES string of the molecule is CC1(c2ccc(C#N)cc2)NC(=O)N(Cc2ccccc2F)C1=O. The second kappa shape index (κ2) is 5.78. The number of imide groups is 1. The van der Waals surface area contributed by atoms with Crippen LogP contribution in [-0.2, 0) is 16.9 Å². The first-order chi connectivity index (χ1) is 11.5. The standard InChI is InChI=1S/C18H14FN3O2/c1-18(14-8-6-12(10-20)7-9-14)16(23)22(17(24)21-18)11-13-4-2-3-5-15(13)19/h2-9H,11H2,1H3,(H,21,24). The molecule has 0 aliphatic carbocycles. The van der Waals surface area contributed by atoms with Crippen LogP contribution in [0, 0.1) is 17.1 Å². The van der Waals surface area contributed by atoms with E-state index in [2.05, 4.69) is 5.32 Å². The van der Waals surface area contributed by atoms with Crippen LogP contribution in [0.15, 0.2) is 48.5 Å². The van der Waals surface area contributed by atoms with Crippen molar-refractivity contribution in [3.8, 4) is 6.07 Å². The van der Waals surface area contributed by atoms with Crippen LogP contribution in [0.1, 0.15) is 23.6 Å². The first-order valence-corrected chi connectivity index (χ1v) is 7.34. The topological polar surface area (TPSA) is 73.2 Å². The van der Waals surface area contributed by atoms with Gasteiger partial charge in [-0.2, -0.15) is 5.26 Å². The molecule has 1 fully saturated rings. The number of amides is 3. The number of benzene rings is 2. The minimum Gasteiger partial charge on any atom is -0.319 e. The lowest BCUT2D eigenvalue weighted by Gasteiger charge is -2.22. The van der Waals surface area contributed by atoms with E-state index in [9.17, 15) is 14.0 Å². The van der Waals surface area contributed by atoms with Gasteiger partial charge in [-0.3, -0.25) is 9.69 Å². The van der Waals surface area contributed by atoms with Gasteiger partial charge in [-0.25, -0.2) is 9.18 Å². The van der Waals surface area contributed by atoms with Crippen molar-refractivity contribution in [2.45, 2.75) is 19.0 Å². The predicted molar refractivity (Wildman–Crippen MR) is 84.0 cm³/mol. The van der Waals surface area contributed by atoms with Gasteiger partial charge < -0.3 is 5.32 Å². The van der Waals surface area contributed by atoms with Crippen molar-refractivity contribution in [3.05, 3.63) is 71.0 Å². The number of hydrogen-bond acceptors (Lipinski definition) is 3. The Hall–Kier alpha value is -3.20. The summed E-state index contributed by atoms with van der Waals surface area (Å²) >= 11 is 0. The molecule has 5 nitrogen and oxygen atoms in total. The number of nitrogens with zero attached hydrogens (tertiary/aromatic N) is 2. The summed E-state index contributed by atoms with van der Waals surface area (Å²) in [4.78, 5) is 26.0. The fraction of sp³-hybridized carbons (Fsp3) is 0.167. The molecule has 0 aromatic heterocycles. The highest BCUT2D eigenvalue weighted by atomic mass is 19.1. The second-order valence-corrected chi connectivity index (χ2v) is 5.73. The van der Waals surface area contributed by atoms with Gasteiger partial charge in [0.25, 0.3) is 5.91 Å². The summed E-state index contributed by atoms with van der Waals surface area (Å²) in [5, 5.41) is 11.5. The van der Waals surface area contributed by atoms with E-state index in [-0.39, 0.29) is 12.1 Å². The molecule has 1 aliphatic rings. The molecule has 1 heterocycles. The van der Waals surface area contributed by atoms with Crippen LogP contribution < -0.4 is 5.32 Å². The van der Waals surface area contributed by atoms with Crippen LogP contribution in [0.5, 0.6) is 0 Å². The average Bonchev–Trinajstić information content (AvgIpc) is 2.81. The lowest BCUT2D eigenvalue weighted by molar-refractivity contribution is -0.131. The summed E-state index contributed by atoms with van der Waals surface area (Å²) in [6.07, 6.45) is 0. The Morgan fingerprint density at radius 1 is 1.17 bits per heavy atom. The Kier molecular flexibility index (Phi) is 3.78. The number of nitriles is 1. The highest BCUT2D eigenvalue weighted by Gasteiger charge is 2.48. The highest BCUT2D eigenvalue weighted by molar-refractivity contribution is 6.07. The number of urea groups is 1. The lowest BCUT2D eigenvalue weighted by Crippen LogP contribution is -2.40. The molecule has 2 aromatic carbocycles. The van der Waals surface area contributed by atoms with Gasteiger partial charge in [0.05, 0.1) is 18.2 Å². The molecule has 3 amide bonds. The van der Waals surface area contributed by atoms with Crippen LogP contribution >= 0.6 is 0 Å². The molecule has 1 saturated heterocycles. The fourth-order valence-corrected chi connectivity index (χ4v) is 2.71. The molecule has 1 aliphatic heterocycles. The predicted octanol–water partition coefficient (Wildman–Crippen LogP) is 2.66. The van der Waals surface area contributed by atoms with E-state index in [1.165, 1.54) is 12.1 Å². The van der Waals surface area contributed by atoms with Crippen LogP contribution in [0.3, 0.4) is 0 Å². The molecule has 0 radical (unpaired) electrons. The van der Waals surface area contributed by atoms with E-state index in [1.54, 1.807) is 43.3 Å². The van der Waals surface area contributed by atoms with Gasteiger partial charge >= 0.3 is 6.03 Å². The smallest absolute Gasteiger partial charge is 0.319 e. The molecule has 3 rings (SSSR count). The zero-order valence-electron chi connectivity index (χ0n) is 12.9. The third kappa shape index (κ3) is 2.50. The van der Waals surface area contributed by atoms with Crippen molar-refractivity contribution < 1.29 is 14.0 Å². The highest BCUT2D eigenvalue weighted by Crippen LogP contribution is 2.30. The Labute approximate surface area is 138 Å². The van der Waals surface area contributed by atoms with Crippen molar-refractivity contribution in [2.24, 2.45) is 0 Å². The normalized spacial score (nSPS) is 20.0. The quantitative estimate of drug-likeness (QED) is 0.883. The van der Waals surface area contributed by atoms with Crippen molar-refractivity contribution >= 4 is 11.9 Å². The molecule has 1 unspecified atom stereocenters. The molecule has 0 saturated carbocycles. The van der Waals surface area contributed by atoms with E-state index in [4.69, 9.17) is 5.26 Å². The molecule has 6 heteroatoms. The zero-order chi connectivity index (χ0) is 17.3. The van der Waals surface area contributed by atoms with E-state index < -0.39 is 23.3 Å². The summed E-state index contributed by atoms with van der Waals surface area (Å²) in [7, 11) is 0. The van der Waals surface area contributed by atoms with Crippen LogP contribution in [0.4, 0.5) is 9.18 Å². The monoisotopic (exact) mass is 323 g/mol. The van der Waals surface area contributed by atoms with Crippen LogP contribution in [0.2, 0.25) is 0 Å². The van der Waals surface area contributed by atoms with Gasteiger partial charge in [-0.15, -0.1) is 0 Å². The van der Waals surface area contributed by atoms with Crippen molar-refractivity contribution in [2.75, 3.05) is 0 Å². The molecule has 24 heavy (non-hydrogen) atoms. The Bertz CT molecular complexity index is 857. The van der Waals surface area contributed by atoms with Gasteiger partial charge in [0.15, 0.2) is 0 Å². The molecule has 120 valence electrons. The van der Waals surface area contributed by atoms with Gasteiger partial charge in [0.2, 0.25) is 0 Å². The molecule has 2 aromatic rings. The van der Waals surface area contributed by atoms with E-state index in [0.717, 1.165) is 4.90 Å². The first-order valence-electron chi connectivity index (χ1n) is 7.34. The summed E-state index contributed by atoms with van der Waals surface area (Å²) < 4.78 is 13.8. The zero-order valence-corrected chi connectivity index (χ0v) is 12.9. The van der Waals surface area contributed by atoms with E-state index in [1.807, 2.05) is 6.07 Å². The molecule has 0 bridgehead atoms. The second-order valence-electron chi connectivity index (χ2n) is 5.73. The maximum atomic E-state index is 13.8. The minimum absolute atomic E-state index is 0.136. The summed E-state index contributed by atoms with van der Waals surface area (Å²) in [5.74, 6) is -0.925. The van der Waals surface area contributed by atoms with Crippen LogP contribution in [0.25, 0.3) is 0 Å². The van der Waals surface area contributed by atoms with Gasteiger partial charge in [0.1, 0.15) is 11.4 Å². The summed E-state index contributed by atoms with van der Waals surface area (Å²) in [5.41, 5.74) is 0.0550. The number of halogens is 1. The van der Waals surface area contributed by atoms with Gasteiger partial charge in [0, 0.05) is 5.56 Å². The number of rotatable bonds is 3. The minimum atomic E-state index is -1.24. The summed E-state index contributed by atoms with van der Waals surface area (Å²) in [6.45, 7) is 1.46. The Balaban J connectivity index is 1.90. The van der Waals surface area contributed by atoms with Crippen LogP contribution in [-0.4, -0.2) is 16.8 Å². The molecular formula is C18H14FN3O2. The molecule has 0 spiro atoms. The maximum Gasteiger partial charge on any atom is 0.325 e. The maximum absolute atomic E-state index is 13.8. The fourth-order valence-electron chi connectivity index (χ4n) is 2.71. The number of hydrogen-bond donors (Lipinski definition) is 1. The third-order valence-corrected chi connectivity index (χ3v) is 4.15. The van der Waals surface area contributed by atoms with Gasteiger partial charge in [-0.1, -0.05) is 30.3 Å². The number of nitrogens with one attached hydrogen (secondary N) is 1. The van der Waals surface area contributed by atoms with E-state index in [0.29, 0.717) is 11.1 Å². The number of carbonyl (C=O) groups is 2.